The lowest BCUT2D eigenvalue weighted by molar-refractivity contribution is -0.142. The van der Waals surface area contributed by atoms with E-state index in [4.69, 9.17) is 4.74 Å². The van der Waals surface area contributed by atoms with Crippen molar-refractivity contribution in [1.29, 1.82) is 0 Å². The zero-order chi connectivity index (χ0) is 15.1. The van der Waals surface area contributed by atoms with Crippen LogP contribution in [0.4, 0.5) is 0 Å². The van der Waals surface area contributed by atoms with Crippen LogP contribution in [0.3, 0.4) is 0 Å². The summed E-state index contributed by atoms with van der Waals surface area (Å²) in [6.07, 6.45) is 2.91. The number of ether oxygens (including phenoxy) is 1. The minimum absolute atomic E-state index is 0.200. The second-order valence-corrected chi connectivity index (χ2v) is 5.42. The summed E-state index contributed by atoms with van der Waals surface area (Å²) in [7, 11) is 0. The summed E-state index contributed by atoms with van der Waals surface area (Å²) in [5, 5.41) is 11.7. The van der Waals surface area contributed by atoms with Gasteiger partial charge in [0.1, 0.15) is 6.04 Å². The molecular formula is C16H21NO4. The van der Waals surface area contributed by atoms with Gasteiger partial charge in [0, 0.05) is 19.4 Å². The van der Waals surface area contributed by atoms with E-state index in [1.165, 1.54) is 12.8 Å². The number of benzene rings is 1. The van der Waals surface area contributed by atoms with Gasteiger partial charge in [0.2, 0.25) is 5.91 Å². The molecule has 2 rings (SSSR count). The van der Waals surface area contributed by atoms with Gasteiger partial charge in [-0.2, -0.15) is 0 Å². The standard InChI is InChI=1S/C16H21NO4/c18-15(8-9-21-11-13-6-7-13)17-14(16(19)20)10-12-4-2-1-3-5-12/h1-5,13-14H,6-11H2,(H,17,18)(H,19,20)/t14-/m0/s1. The van der Waals surface area contributed by atoms with Crippen molar-refractivity contribution in [3.63, 3.8) is 0 Å². The molecule has 1 aromatic carbocycles. The number of nitrogens with one attached hydrogen (secondary N) is 1. The minimum Gasteiger partial charge on any atom is -0.480 e. The summed E-state index contributed by atoms with van der Waals surface area (Å²) in [6.45, 7) is 1.06. The summed E-state index contributed by atoms with van der Waals surface area (Å²) in [5.41, 5.74) is 0.884. The Kier molecular flexibility index (Phi) is 5.75. The lowest BCUT2D eigenvalue weighted by Crippen LogP contribution is -2.42. The predicted octanol–water partition coefficient (Wildman–Crippen LogP) is 1.62. The van der Waals surface area contributed by atoms with Gasteiger partial charge in [-0.15, -0.1) is 0 Å². The third-order valence-electron chi connectivity index (χ3n) is 3.44. The van der Waals surface area contributed by atoms with Crippen molar-refractivity contribution in [3.05, 3.63) is 35.9 Å². The van der Waals surface area contributed by atoms with Gasteiger partial charge in [-0.25, -0.2) is 4.79 Å². The maximum Gasteiger partial charge on any atom is 0.326 e. The first-order valence-corrected chi connectivity index (χ1v) is 7.29. The van der Waals surface area contributed by atoms with Crippen molar-refractivity contribution < 1.29 is 19.4 Å². The molecule has 1 atom stereocenters. The van der Waals surface area contributed by atoms with E-state index in [0.29, 0.717) is 19.1 Å². The van der Waals surface area contributed by atoms with Crippen LogP contribution in [-0.2, 0) is 20.7 Å². The Labute approximate surface area is 124 Å². The van der Waals surface area contributed by atoms with Crippen molar-refractivity contribution in [1.82, 2.24) is 5.32 Å². The number of carbonyl (C=O) groups is 2. The van der Waals surface area contributed by atoms with Gasteiger partial charge < -0.3 is 15.2 Å². The van der Waals surface area contributed by atoms with Crippen molar-refractivity contribution in [2.75, 3.05) is 13.2 Å². The molecule has 0 heterocycles. The molecule has 0 aromatic heterocycles. The first-order valence-electron chi connectivity index (χ1n) is 7.29. The van der Waals surface area contributed by atoms with Gasteiger partial charge in [-0.05, 0) is 24.3 Å². The number of carboxylic acids is 1. The second-order valence-electron chi connectivity index (χ2n) is 5.42. The van der Waals surface area contributed by atoms with E-state index >= 15 is 0 Å². The van der Waals surface area contributed by atoms with Crippen molar-refractivity contribution >= 4 is 11.9 Å². The number of rotatable bonds is 9. The fraction of sp³-hybridized carbons (Fsp3) is 0.500. The van der Waals surface area contributed by atoms with Crippen LogP contribution in [0.15, 0.2) is 30.3 Å². The Balaban J connectivity index is 1.73. The Morgan fingerprint density at radius 2 is 2.00 bits per heavy atom. The van der Waals surface area contributed by atoms with Crippen LogP contribution in [0, 0.1) is 5.92 Å². The van der Waals surface area contributed by atoms with E-state index in [1.54, 1.807) is 0 Å². The summed E-state index contributed by atoms with van der Waals surface area (Å²) < 4.78 is 5.38. The molecule has 5 nitrogen and oxygen atoms in total. The summed E-state index contributed by atoms with van der Waals surface area (Å²) in [6, 6.07) is 8.36. The lowest BCUT2D eigenvalue weighted by Gasteiger charge is -2.14. The Bertz CT molecular complexity index is 470. The molecule has 0 unspecified atom stereocenters. The van der Waals surface area contributed by atoms with E-state index in [0.717, 1.165) is 5.56 Å². The fourth-order valence-electron chi connectivity index (χ4n) is 2.02. The quantitative estimate of drug-likeness (QED) is 0.678. The van der Waals surface area contributed by atoms with Gasteiger partial charge in [0.25, 0.3) is 0 Å². The van der Waals surface area contributed by atoms with E-state index in [2.05, 4.69) is 5.32 Å². The fourth-order valence-corrected chi connectivity index (χ4v) is 2.02. The Hall–Kier alpha value is -1.88. The largest absolute Gasteiger partial charge is 0.480 e. The molecule has 0 spiro atoms. The molecule has 0 bridgehead atoms. The molecule has 1 aliphatic rings. The smallest absolute Gasteiger partial charge is 0.326 e. The molecule has 1 aliphatic carbocycles. The number of carbonyl (C=O) groups excluding carboxylic acids is 1. The first kappa shape index (κ1) is 15.5. The number of hydrogen-bond donors (Lipinski definition) is 2. The zero-order valence-corrected chi connectivity index (χ0v) is 12.0. The molecule has 114 valence electrons. The molecule has 0 aliphatic heterocycles. The van der Waals surface area contributed by atoms with Crippen LogP contribution < -0.4 is 5.32 Å². The van der Waals surface area contributed by atoms with Gasteiger partial charge in [-0.1, -0.05) is 30.3 Å². The highest BCUT2D eigenvalue weighted by Crippen LogP contribution is 2.28. The van der Waals surface area contributed by atoms with Crippen LogP contribution in [0.1, 0.15) is 24.8 Å². The summed E-state index contributed by atoms with van der Waals surface area (Å²) >= 11 is 0. The lowest BCUT2D eigenvalue weighted by atomic mass is 10.1. The monoisotopic (exact) mass is 291 g/mol. The van der Waals surface area contributed by atoms with E-state index in [9.17, 15) is 14.7 Å². The van der Waals surface area contributed by atoms with Gasteiger partial charge in [0.15, 0.2) is 0 Å². The van der Waals surface area contributed by atoms with Crippen molar-refractivity contribution in [3.8, 4) is 0 Å². The van der Waals surface area contributed by atoms with Crippen molar-refractivity contribution in [2.45, 2.75) is 31.7 Å². The van der Waals surface area contributed by atoms with Gasteiger partial charge in [0.05, 0.1) is 6.61 Å². The van der Waals surface area contributed by atoms with E-state index in [-0.39, 0.29) is 18.7 Å². The molecule has 1 saturated carbocycles. The average Bonchev–Trinajstić information content (AvgIpc) is 3.28. The average molecular weight is 291 g/mol. The van der Waals surface area contributed by atoms with Gasteiger partial charge in [-0.3, -0.25) is 4.79 Å². The first-order chi connectivity index (χ1) is 10.1. The highest BCUT2D eigenvalue weighted by atomic mass is 16.5. The molecule has 21 heavy (non-hydrogen) atoms. The maximum atomic E-state index is 11.8. The zero-order valence-electron chi connectivity index (χ0n) is 12.0. The Morgan fingerprint density at radius 1 is 1.29 bits per heavy atom. The molecule has 0 saturated heterocycles. The number of carboxylic acid groups (broad SMARTS) is 1. The van der Waals surface area contributed by atoms with Crippen LogP contribution in [0.25, 0.3) is 0 Å². The van der Waals surface area contributed by atoms with Gasteiger partial charge >= 0.3 is 5.97 Å². The molecule has 1 aromatic rings. The second kappa shape index (κ2) is 7.78. The number of aliphatic carboxylic acids is 1. The Morgan fingerprint density at radius 3 is 2.62 bits per heavy atom. The number of amides is 1. The molecule has 2 N–H and O–H groups in total. The third kappa shape index (κ3) is 5.95. The highest BCUT2D eigenvalue weighted by Gasteiger charge is 2.22. The van der Waals surface area contributed by atoms with Crippen molar-refractivity contribution in [2.24, 2.45) is 5.92 Å². The predicted molar refractivity (Wildman–Crippen MR) is 77.9 cm³/mol. The third-order valence-corrected chi connectivity index (χ3v) is 3.44. The molecule has 1 amide bonds. The van der Waals surface area contributed by atoms with E-state index < -0.39 is 12.0 Å². The van der Waals surface area contributed by atoms with Crippen LogP contribution in [-0.4, -0.2) is 36.2 Å². The molecule has 5 heteroatoms. The summed E-state index contributed by atoms with van der Waals surface area (Å²) in [4.78, 5) is 23.0. The molecular weight excluding hydrogens is 270 g/mol. The minimum atomic E-state index is -1.02. The molecule has 1 fully saturated rings. The van der Waals surface area contributed by atoms with Crippen LogP contribution in [0.2, 0.25) is 0 Å². The van der Waals surface area contributed by atoms with Crippen LogP contribution in [0.5, 0.6) is 0 Å². The summed E-state index contributed by atoms with van der Waals surface area (Å²) in [5.74, 6) is -0.641. The normalized spacial score (nSPS) is 15.4. The topological polar surface area (TPSA) is 75.6 Å². The van der Waals surface area contributed by atoms with Crippen LogP contribution >= 0.6 is 0 Å². The SMILES string of the molecule is O=C(CCOCC1CC1)N[C@@H](Cc1ccccc1)C(=O)O. The maximum absolute atomic E-state index is 11.8. The van der Waals surface area contributed by atoms with E-state index in [1.807, 2.05) is 30.3 Å². The number of hydrogen-bond acceptors (Lipinski definition) is 3. The molecule has 0 radical (unpaired) electrons. The highest BCUT2D eigenvalue weighted by molar-refractivity contribution is 5.83.